The molecule has 0 unspecified atom stereocenters. The minimum Gasteiger partial charge on any atom is -0.400 e. The maximum Gasteiger partial charge on any atom is 0.0319 e. The van der Waals surface area contributed by atoms with Gasteiger partial charge in [-0.2, -0.15) is 0 Å². The zero-order valence-electron chi connectivity index (χ0n) is 9.75. The molecule has 1 radical (unpaired) electrons. The van der Waals surface area contributed by atoms with E-state index in [1.807, 2.05) is 0 Å². The molecule has 15 heavy (non-hydrogen) atoms. The van der Waals surface area contributed by atoms with Crippen LogP contribution in [0.1, 0.15) is 13.8 Å². The molecule has 1 heterocycles. The number of hydrogen-bond acceptors (Lipinski definition) is 1. The predicted octanol–water partition coefficient (Wildman–Crippen LogP) is 2.35. The summed E-state index contributed by atoms with van der Waals surface area (Å²) in [5.41, 5.74) is 3.33. The Morgan fingerprint density at radius 2 is 1.40 bits per heavy atom. The number of hydrogen-bond donors (Lipinski definition) is 1. The van der Waals surface area contributed by atoms with E-state index in [0.29, 0.717) is 0 Å². The molecular weight excluding hydrogens is 245 g/mol. The summed E-state index contributed by atoms with van der Waals surface area (Å²) in [6.07, 6.45) is 0. The minimum atomic E-state index is -0.905. The van der Waals surface area contributed by atoms with Gasteiger partial charge in [0, 0.05) is 7.11 Å². The summed E-state index contributed by atoms with van der Waals surface area (Å²) >= 11 is -0.905. The second-order valence-corrected chi connectivity index (χ2v) is 9.11. The average molecular weight is 264 g/mol. The third-order valence-corrected chi connectivity index (χ3v) is 9.30. The predicted molar refractivity (Wildman–Crippen MR) is 68.0 cm³/mol. The van der Waals surface area contributed by atoms with Crippen molar-refractivity contribution in [2.45, 2.75) is 24.4 Å². The molecule has 0 saturated carbocycles. The number of aliphatic hydroxyl groups excluding tert-OH is 1. The fraction of sp³-hybridized carbons (Fsp3) is 0.385. The Morgan fingerprint density at radius 1 is 0.933 bits per heavy atom. The van der Waals surface area contributed by atoms with Gasteiger partial charge in [-0.05, 0) is 0 Å². The van der Waals surface area contributed by atoms with Crippen LogP contribution in [-0.2, 0) is 0 Å². The van der Waals surface area contributed by atoms with Crippen LogP contribution in [0, 0.1) is 0 Å². The molecule has 0 bridgehead atoms. The van der Waals surface area contributed by atoms with Gasteiger partial charge < -0.3 is 5.11 Å². The van der Waals surface area contributed by atoms with Gasteiger partial charge in [-0.15, -0.1) is 0 Å². The van der Waals surface area contributed by atoms with Crippen LogP contribution in [0.3, 0.4) is 0 Å². The zero-order valence-corrected chi connectivity index (χ0v) is 11.8. The van der Waals surface area contributed by atoms with E-state index < -0.39 is 14.3 Å². The topological polar surface area (TPSA) is 20.2 Å². The second-order valence-electron chi connectivity index (χ2n) is 3.88. The van der Waals surface area contributed by atoms with Crippen molar-refractivity contribution < 1.29 is 5.11 Å². The van der Waals surface area contributed by atoms with E-state index in [4.69, 9.17) is 5.11 Å². The van der Waals surface area contributed by atoms with E-state index in [2.05, 4.69) is 44.2 Å². The first kappa shape index (κ1) is 12.5. The Bertz CT molecular complexity index is 316. The molecule has 2 heteroatoms. The largest absolute Gasteiger partial charge is 0.400 e. The Morgan fingerprint density at radius 3 is 1.87 bits per heavy atom. The Hall–Kier alpha value is -0.537. The normalized spacial score (nSPS) is 16.3. The van der Waals surface area contributed by atoms with Crippen LogP contribution in [0.25, 0.3) is 0 Å². The fourth-order valence-corrected chi connectivity index (χ4v) is 8.35. The van der Waals surface area contributed by atoms with Crippen molar-refractivity contribution in [2.24, 2.45) is 0 Å². The molecule has 0 aliphatic carbocycles. The van der Waals surface area contributed by atoms with Gasteiger partial charge in [-0.25, -0.2) is 0 Å². The molecule has 1 aliphatic rings. The average Bonchev–Trinajstić information content (AvgIpc) is 2.63. The van der Waals surface area contributed by atoms with Crippen LogP contribution in [0.5, 0.6) is 0 Å². The molecule has 0 fully saturated rings. The van der Waals surface area contributed by atoms with Crippen LogP contribution in [0.4, 0.5) is 0 Å². The summed E-state index contributed by atoms with van der Waals surface area (Å²) in [5.74, 6) is 0. The van der Waals surface area contributed by atoms with Crippen LogP contribution in [0.2, 0.25) is 10.5 Å². The summed E-state index contributed by atoms with van der Waals surface area (Å²) in [6, 6.07) is 11.1. The van der Waals surface area contributed by atoms with Crippen LogP contribution >= 0.6 is 0 Å². The van der Waals surface area contributed by atoms with Gasteiger partial charge in [0.25, 0.3) is 0 Å². The summed E-state index contributed by atoms with van der Waals surface area (Å²) in [5, 5.41) is 9.85. The number of benzene rings is 1. The number of allylic oxidation sites excluding steroid dienone is 2. The molecular formula is C13H19GeO. The molecule has 0 spiro atoms. The van der Waals surface area contributed by atoms with Gasteiger partial charge in [0.1, 0.15) is 0 Å². The molecule has 0 aromatic heterocycles. The summed E-state index contributed by atoms with van der Waals surface area (Å²) in [6.45, 7) is 4.61. The minimum absolute atomic E-state index is 0.905. The number of aliphatic hydroxyl groups is 1. The third-order valence-electron chi connectivity index (χ3n) is 2.87. The first-order chi connectivity index (χ1) is 7.27. The molecule has 1 aliphatic heterocycles. The molecule has 1 nitrogen and oxygen atoms in total. The quantitative estimate of drug-likeness (QED) is 0.609. The van der Waals surface area contributed by atoms with Crippen molar-refractivity contribution in [2.75, 3.05) is 7.11 Å². The second kappa shape index (κ2) is 6.13. The van der Waals surface area contributed by atoms with Gasteiger partial charge >= 0.3 is 84.6 Å². The van der Waals surface area contributed by atoms with E-state index in [-0.39, 0.29) is 0 Å². The standard InChI is InChI=1S/C12H15Ge.CH4O/c1-10-8-13(9-11(10)2)12-6-4-3-5-7-12;1-2/h3-7H,8-9H2,1-2H3;2H,1H3. The van der Waals surface area contributed by atoms with Crippen molar-refractivity contribution in [1.29, 1.82) is 0 Å². The maximum absolute atomic E-state index is 7.00. The Kier molecular flexibility index (Phi) is 5.13. The van der Waals surface area contributed by atoms with Crippen molar-refractivity contribution in [3.8, 4) is 0 Å². The Labute approximate surface area is 96.9 Å². The summed E-state index contributed by atoms with van der Waals surface area (Å²) < 4.78 is 1.67. The zero-order chi connectivity index (χ0) is 11.3. The van der Waals surface area contributed by atoms with E-state index in [1.165, 1.54) is 10.5 Å². The molecule has 0 saturated heterocycles. The van der Waals surface area contributed by atoms with Crippen LogP contribution < -0.4 is 4.40 Å². The first-order valence-electron chi connectivity index (χ1n) is 5.27. The third kappa shape index (κ3) is 3.21. The van der Waals surface area contributed by atoms with E-state index in [0.717, 1.165) is 7.11 Å². The van der Waals surface area contributed by atoms with Gasteiger partial charge in [-0.1, -0.05) is 0 Å². The fourth-order valence-electron chi connectivity index (χ4n) is 1.88. The van der Waals surface area contributed by atoms with Crippen LogP contribution in [0.15, 0.2) is 41.5 Å². The van der Waals surface area contributed by atoms with Gasteiger partial charge in [0.2, 0.25) is 0 Å². The molecule has 1 N–H and O–H groups in total. The van der Waals surface area contributed by atoms with Crippen molar-refractivity contribution in [3.05, 3.63) is 41.5 Å². The number of rotatable bonds is 1. The Balaban J connectivity index is 0.000000531. The molecule has 1 aromatic carbocycles. The van der Waals surface area contributed by atoms with Gasteiger partial charge in [0.15, 0.2) is 0 Å². The van der Waals surface area contributed by atoms with E-state index >= 15 is 0 Å². The molecule has 0 amide bonds. The van der Waals surface area contributed by atoms with E-state index in [9.17, 15) is 0 Å². The van der Waals surface area contributed by atoms with Crippen molar-refractivity contribution in [1.82, 2.24) is 0 Å². The SMILES string of the molecule is CC1=C(C)[CH2][Ge]([c]2ccccc2)[CH2]1.CO. The molecule has 81 valence electrons. The maximum atomic E-state index is 7.00. The van der Waals surface area contributed by atoms with Gasteiger partial charge in [-0.3, -0.25) is 0 Å². The van der Waals surface area contributed by atoms with Crippen LogP contribution in [-0.4, -0.2) is 26.6 Å². The molecule has 0 atom stereocenters. The monoisotopic (exact) mass is 265 g/mol. The van der Waals surface area contributed by atoms with E-state index in [1.54, 1.807) is 15.5 Å². The van der Waals surface area contributed by atoms with Crippen molar-refractivity contribution in [3.63, 3.8) is 0 Å². The summed E-state index contributed by atoms with van der Waals surface area (Å²) in [7, 11) is 1.00. The molecule has 2 rings (SSSR count). The first-order valence-corrected chi connectivity index (χ1v) is 9.29. The summed E-state index contributed by atoms with van der Waals surface area (Å²) in [4.78, 5) is 0. The smallest absolute Gasteiger partial charge is 0.0319 e. The van der Waals surface area contributed by atoms with Crippen molar-refractivity contribution >= 4 is 18.7 Å². The van der Waals surface area contributed by atoms with Gasteiger partial charge in [0.05, 0.1) is 0 Å². The molecule has 1 aromatic rings.